The SMILES string of the molecule is O=C1CCC(N2Cc3cc(CNC(=O)C(F)(F)C4CCNC5(CCCCCCCC5)N4)ccc3C2=O)C(=O)N1. The van der Waals surface area contributed by atoms with Gasteiger partial charge in [0.05, 0.1) is 11.7 Å². The topological polar surface area (TPSA) is 120 Å². The van der Waals surface area contributed by atoms with Gasteiger partial charge in [-0.2, -0.15) is 8.78 Å². The maximum atomic E-state index is 15.4. The molecule has 2 saturated heterocycles. The van der Waals surface area contributed by atoms with E-state index in [1.807, 2.05) is 0 Å². The number of nitrogens with zero attached hydrogens (tertiary/aromatic N) is 1. The van der Waals surface area contributed by atoms with Gasteiger partial charge < -0.3 is 10.2 Å². The molecule has 3 aliphatic heterocycles. The fourth-order valence-corrected chi connectivity index (χ4v) is 6.39. The molecule has 0 radical (unpaired) electrons. The highest BCUT2D eigenvalue weighted by molar-refractivity contribution is 6.05. The van der Waals surface area contributed by atoms with Crippen LogP contribution in [0.15, 0.2) is 18.2 Å². The number of fused-ring (bicyclic) bond motifs is 1. The van der Waals surface area contributed by atoms with Crippen LogP contribution in [0.2, 0.25) is 0 Å². The number of rotatable bonds is 5. The van der Waals surface area contributed by atoms with Crippen molar-refractivity contribution in [3.63, 3.8) is 0 Å². The third kappa shape index (κ3) is 5.84. The number of hydrogen-bond donors (Lipinski definition) is 4. The molecule has 3 fully saturated rings. The van der Waals surface area contributed by atoms with Gasteiger partial charge in [-0.25, -0.2) is 0 Å². The quantitative estimate of drug-likeness (QED) is 0.422. The molecule has 2 unspecified atom stereocenters. The molecule has 9 nitrogen and oxygen atoms in total. The van der Waals surface area contributed by atoms with Crippen LogP contribution >= 0.6 is 0 Å². The van der Waals surface area contributed by atoms with E-state index in [-0.39, 0.29) is 44.2 Å². The van der Waals surface area contributed by atoms with Crippen molar-refractivity contribution in [2.75, 3.05) is 6.54 Å². The summed E-state index contributed by atoms with van der Waals surface area (Å²) in [6.45, 7) is 0.507. The van der Waals surface area contributed by atoms with Crippen LogP contribution < -0.4 is 21.3 Å². The minimum absolute atomic E-state index is 0.107. The molecule has 4 N–H and O–H groups in total. The molecule has 3 heterocycles. The lowest BCUT2D eigenvalue weighted by atomic mass is 9.90. The van der Waals surface area contributed by atoms with E-state index in [1.165, 1.54) is 17.7 Å². The minimum Gasteiger partial charge on any atom is -0.347 e. The average Bonchev–Trinajstić information content (AvgIpc) is 3.28. The first kappa shape index (κ1) is 27.6. The van der Waals surface area contributed by atoms with Crippen LogP contribution in [0.3, 0.4) is 0 Å². The Balaban J connectivity index is 1.20. The van der Waals surface area contributed by atoms with Crippen LogP contribution in [0.5, 0.6) is 0 Å². The number of carbonyl (C=O) groups excluding carboxylic acids is 4. The molecule has 11 heteroatoms. The maximum absolute atomic E-state index is 15.4. The van der Waals surface area contributed by atoms with E-state index >= 15 is 8.78 Å². The number of imide groups is 1. The Hall–Kier alpha value is -2.92. The number of carbonyl (C=O) groups is 4. The highest BCUT2D eigenvalue weighted by Gasteiger charge is 2.51. The van der Waals surface area contributed by atoms with E-state index < -0.39 is 35.5 Å². The zero-order valence-corrected chi connectivity index (χ0v) is 22.1. The molecule has 1 spiro atoms. The maximum Gasteiger partial charge on any atom is 0.339 e. The van der Waals surface area contributed by atoms with Crippen molar-refractivity contribution in [1.29, 1.82) is 0 Å². The second-order valence-corrected chi connectivity index (χ2v) is 11.3. The number of piperidine rings is 1. The fraction of sp³-hybridized carbons (Fsp3) is 0.643. The van der Waals surface area contributed by atoms with E-state index in [1.54, 1.807) is 18.2 Å². The van der Waals surface area contributed by atoms with Gasteiger partial charge in [-0.3, -0.25) is 35.1 Å². The van der Waals surface area contributed by atoms with Crippen LogP contribution in [0, 0.1) is 0 Å². The van der Waals surface area contributed by atoms with Gasteiger partial charge >= 0.3 is 5.92 Å². The minimum atomic E-state index is -3.58. The predicted molar refractivity (Wildman–Crippen MR) is 138 cm³/mol. The first-order chi connectivity index (χ1) is 18.7. The lowest BCUT2D eigenvalue weighted by molar-refractivity contribution is -0.153. The Morgan fingerprint density at radius 1 is 1.05 bits per heavy atom. The Bertz CT molecular complexity index is 1130. The standard InChI is InChI=1S/C28H37F2N5O4/c29-28(30,22-11-14-32-27(34-22)12-5-3-1-2-4-6-13-27)26(39)31-16-18-7-8-20-19(15-18)17-35(25(20)38)21-9-10-23(36)33-24(21)37/h7-8,15,21-22,32,34H,1-6,9-14,16-17H2,(H,31,39)(H,33,36,37). The second-order valence-electron chi connectivity index (χ2n) is 11.3. The van der Waals surface area contributed by atoms with Crippen molar-refractivity contribution < 1.29 is 28.0 Å². The van der Waals surface area contributed by atoms with Gasteiger partial charge in [0.15, 0.2) is 0 Å². The summed E-state index contributed by atoms with van der Waals surface area (Å²) in [5, 5.41) is 11.3. The zero-order valence-electron chi connectivity index (χ0n) is 22.1. The fourth-order valence-electron chi connectivity index (χ4n) is 6.39. The third-order valence-electron chi connectivity index (χ3n) is 8.59. The first-order valence-corrected chi connectivity index (χ1v) is 14.1. The number of amides is 4. The second kappa shape index (κ2) is 11.3. The Morgan fingerprint density at radius 3 is 2.49 bits per heavy atom. The van der Waals surface area contributed by atoms with Crippen molar-refractivity contribution >= 4 is 23.6 Å². The molecular formula is C28H37F2N5O4. The zero-order chi connectivity index (χ0) is 27.6. The first-order valence-electron chi connectivity index (χ1n) is 14.1. The summed E-state index contributed by atoms with van der Waals surface area (Å²) in [5.74, 6) is -6.06. The summed E-state index contributed by atoms with van der Waals surface area (Å²) in [4.78, 5) is 50.8. The average molecular weight is 546 g/mol. The van der Waals surface area contributed by atoms with Crippen LogP contribution in [0.4, 0.5) is 8.78 Å². The summed E-state index contributed by atoms with van der Waals surface area (Å²) in [6.07, 6.45) is 8.56. The lowest BCUT2D eigenvalue weighted by Crippen LogP contribution is -2.70. The molecule has 1 saturated carbocycles. The van der Waals surface area contributed by atoms with Gasteiger partial charge in [-0.05, 0) is 49.4 Å². The summed E-state index contributed by atoms with van der Waals surface area (Å²) < 4.78 is 30.8. The molecule has 39 heavy (non-hydrogen) atoms. The smallest absolute Gasteiger partial charge is 0.339 e. The number of benzene rings is 1. The van der Waals surface area contributed by atoms with E-state index in [9.17, 15) is 19.2 Å². The summed E-state index contributed by atoms with van der Waals surface area (Å²) in [6, 6.07) is 2.94. The van der Waals surface area contributed by atoms with Crippen molar-refractivity contribution in [2.24, 2.45) is 0 Å². The van der Waals surface area contributed by atoms with Gasteiger partial charge in [-0.1, -0.05) is 50.7 Å². The largest absolute Gasteiger partial charge is 0.347 e. The molecule has 0 bridgehead atoms. The lowest BCUT2D eigenvalue weighted by Gasteiger charge is -2.45. The van der Waals surface area contributed by atoms with Crippen molar-refractivity contribution in [2.45, 2.75) is 107 Å². The molecule has 1 aromatic carbocycles. The Kier molecular flexibility index (Phi) is 8.00. The highest BCUT2D eigenvalue weighted by atomic mass is 19.3. The number of alkyl halides is 2. The van der Waals surface area contributed by atoms with Crippen LogP contribution in [-0.4, -0.2) is 58.7 Å². The number of halogens is 2. The van der Waals surface area contributed by atoms with Gasteiger partial charge in [0, 0.05) is 25.1 Å². The van der Waals surface area contributed by atoms with Gasteiger partial charge in [0.25, 0.3) is 11.8 Å². The molecule has 2 atom stereocenters. The summed E-state index contributed by atoms with van der Waals surface area (Å²) in [7, 11) is 0. The predicted octanol–water partition coefficient (Wildman–Crippen LogP) is 2.48. The van der Waals surface area contributed by atoms with E-state index in [0.717, 1.165) is 38.5 Å². The van der Waals surface area contributed by atoms with E-state index in [4.69, 9.17) is 0 Å². The molecule has 212 valence electrons. The Labute approximate surface area is 226 Å². The number of hydrogen-bond acceptors (Lipinski definition) is 6. The number of nitrogens with one attached hydrogen (secondary N) is 4. The Morgan fingerprint density at radius 2 is 1.77 bits per heavy atom. The van der Waals surface area contributed by atoms with Crippen LogP contribution in [0.25, 0.3) is 0 Å². The third-order valence-corrected chi connectivity index (χ3v) is 8.59. The molecule has 5 rings (SSSR count). The molecule has 4 amide bonds. The van der Waals surface area contributed by atoms with Crippen LogP contribution in [-0.2, 0) is 27.5 Å². The molecular weight excluding hydrogens is 508 g/mol. The van der Waals surface area contributed by atoms with Gasteiger partial charge in [0.1, 0.15) is 6.04 Å². The van der Waals surface area contributed by atoms with Crippen molar-refractivity contribution in [3.05, 3.63) is 34.9 Å². The van der Waals surface area contributed by atoms with E-state index in [2.05, 4.69) is 21.3 Å². The van der Waals surface area contributed by atoms with Gasteiger partial charge in [0.2, 0.25) is 11.8 Å². The summed E-state index contributed by atoms with van der Waals surface area (Å²) in [5.41, 5.74) is 1.12. The van der Waals surface area contributed by atoms with E-state index in [0.29, 0.717) is 23.2 Å². The highest BCUT2D eigenvalue weighted by Crippen LogP contribution is 2.32. The van der Waals surface area contributed by atoms with Crippen LogP contribution in [0.1, 0.15) is 92.1 Å². The monoisotopic (exact) mass is 545 g/mol. The molecule has 1 aromatic rings. The van der Waals surface area contributed by atoms with Gasteiger partial charge in [-0.15, -0.1) is 0 Å². The van der Waals surface area contributed by atoms with Crippen molar-refractivity contribution in [1.82, 2.24) is 26.2 Å². The summed E-state index contributed by atoms with van der Waals surface area (Å²) >= 11 is 0. The molecule has 1 aliphatic carbocycles. The molecule has 0 aromatic heterocycles. The van der Waals surface area contributed by atoms with Crippen molar-refractivity contribution in [3.8, 4) is 0 Å². The molecule has 4 aliphatic rings. The normalized spacial score (nSPS) is 25.9.